The molecule has 1 aliphatic rings. The van der Waals surface area contributed by atoms with Crippen molar-refractivity contribution in [3.8, 4) is 0 Å². The van der Waals surface area contributed by atoms with Crippen molar-refractivity contribution in [2.75, 3.05) is 0 Å². The van der Waals surface area contributed by atoms with Crippen molar-refractivity contribution < 1.29 is 8.78 Å². The SMILES string of the molecule is Fc1ccc(CNC(c2cccs2)C2CCCC2)c(F)c1. The molecule has 3 rings (SSSR count). The quantitative estimate of drug-likeness (QED) is 0.815. The standard InChI is InChI=1S/C17H19F2NS/c18-14-8-7-13(15(19)10-14)11-20-17(12-4-1-2-5-12)16-6-3-9-21-16/h3,6-10,12,17,20H,1-2,4-5,11H2. The first-order valence-corrected chi connectivity index (χ1v) is 8.33. The lowest BCUT2D eigenvalue weighted by atomic mass is 9.96. The van der Waals surface area contributed by atoms with Crippen LogP contribution in [0.25, 0.3) is 0 Å². The van der Waals surface area contributed by atoms with Gasteiger partial charge in [-0.1, -0.05) is 25.0 Å². The Kier molecular flexibility index (Phi) is 4.66. The maximum atomic E-state index is 13.7. The highest BCUT2D eigenvalue weighted by molar-refractivity contribution is 7.10. The van der Waals surface area contributed by atoms with E-state index >= 15 is 0 Å². The Hall–Kier alpha value is -1.26. The number of hydrogen-bond donors (Lipinski definition) is 1. The molecule has 0 amide bonds. The van der Waals surface area contributed by atoms with Crippen LogP contribution in [0.1, 0.15) is 42.2 Å². The van der Waals surface area contributed by atoms with Crippen molar-refractivity contribution >= 4 is 11.3 Å². The molecule has 0 radical (unpaired) electrons. The minimum absolute atomic E-state index is 0.275. The third kappa shape index (κ3) is 3.50. The molecule has 2 aromatic rings. The molecule has 1 fully saturated rings. The predicted octanol–water partition coefficient (Wildman–Crippen LogP) is 5.05. The molecule has 1 heterocycles. The Morgan fingerprint density at radius 2 is 2.00 bits per heavy atom. The topological polar surface area (TPSA) is 12.0 Å². The van der Waals surface area contributed by atoms with E-state index in [1.165, 1.54) is 42.7 Å². The van der Waals surface area contributed by atoms with Crippen LogP contribution in [0.5, 0.6) is 0 Å². The number of rotatable bonds is 5. The Labute approximate surface area is 128 Å². The molecule has 0 spiro atoms. The summed E-state index contributed by atoms with van der Waals surface area (Å²) in [6.07, 6.45) is 5.00. The Balaban J connectivity index is 1.72. The number of thiophene rings is 1. The van der Waals surface area contributed by atoms with Gasteiger partial charge in [0.05, 0.1) is 0 Å². The van der Waals surface area contributed by atoms with Crippen molar-refractivity contribution in [1.29, 1.82) is 0 Å². The first-order valence-electron chi connectivity index (χ1n) is 7.45. The molecule has 1 atom stereocenters. The van der Waals surface area contributed by atoms with Crippen LogP contribution in [0.2, 0.25) is 0 Å². The highest BCUT2D eigenvalue weighted by Gasteiger charge is 2.26. The number of halogens is 2. The van der Waals surface area contributed by atoms with Crippen molar-refractivity contribution in [3.63, 3.8) is 0 Å². The van der Waals surface area contributed by atoms with E-state index in [1.54, 1.807) is 11.3 Å². The molecule has 1 aliphatic carbocycles. The molecule has 112 valence electrons. The summed E-state index contributed by atoms with van der Waals surface area (Å²) in [5.74, 6) is -0.382. The van der Waals surface area contributed by atoms with Crippen LogP contribution in [-0.2, 0) is 6.54 Å². The zero-order chi connectivity index (χ0) is 14.7. The van der Waals surface area contributed by atoms with Gasteiger partial charge in [-0.25, -0.2) is 8.78 Å². The van der Waals surface area contributed by atoms with E-state index in [2.05, 4.69) is 22.8 Å². The fourth-order valence-corrected chi connectivity index (χ4v) is 4.04. The third-order valence-corrected chi connectivity index (χ3v) is 5.20. The minimum atomic E-state index is -0.526. The minimum Gasteiger partial charge on any atom is -0.305 e. The molecule has 4 heteroatoms. The van der Waals surface area contributed by atoms with Gasteiger partial charge >= 0.3 is 0 Å². The predicted molar refractivity (Wildman–Crippen MR) is 82.2 cm³/mol. The summed E-state index contributed by atoms with van der Waals surface area (Å²) in [4.78, 5) is 1.31. The highest BCUT2D eigenvalue weighted by atomic mass is 32.1. The Bertz CT molecular complexity index is 576. The number of benzene rings is 1. The number of nitrogens with one attached hydrogen (secondary N) is 1. The first kappa shape index (κ1) is 14.7. The van der Waals surface area contributed by atoms with Crippen LogP contribution in [0.15, 0.2) is 35.7 Å². The molecule has 21 heavy (non-hydrogen) atoms. The second kappa shape index (κ2) is 6.67. The van der Waals surface area contributed by atoms with Gasteiger partial charge in [-0.15, -0.1) is 11.3 Å². The number of hydrogen-bond acceptors (Lipinski definition) is 2. The van der Waals surface area contributed by atoms with Gasteiger partial charge < -0.3 is 5.32 Å². The summed E-state index contributed by atoms with van der Waals surface area (Å²) in [5.41, 5.74) is 0.524. The largest absolute Gasteiger partial charge is 0.305 e. The molecule has 1 N–H and O–H groups in total. The smallest absolute Gasteiger partial charge is 0.130 e. The van der Waals surface area contributed by atoms with Crippen LogP contribution >= 0.6 is 11.3 Å². The summed E-state index contributed by atoms with van der Waals surface area (Å²) < 4.78 is 26.7. The van der Waals surface area contributed by atoms with Gasteiger partial charge in [0, 0.05) is 29.1 Å². The van der Waals surface area contributed by atoms with Crippen LogP contribution in [0, 0.1) is 17.6 Å². The molecule has 1 aromatic carbocycles. The fourth-order valence-electron chi connectivity index (χ4n) is 3.14. The third-order valence-electron chi connectivity index (χ3n) is 4.25. The fraction of sp³-hybridized carbons (Fsp3) is 0.412. The van der Waals surface area contributed by atoms with Crippen molar-refractivity contribution in [1.82, 2.24) is 5.32 Å². The molecular weight excluding hydrogens is 288 g/mol. The maximum Gasteiger partial charge on any atom is 0.130 e. The van der Waals surface area contributed by atoms with Gasteiger partial charge in [-0.05, 0) is 36.3 Å². The monoisotopic (exact) mass is 307 g/mol. The van der Waals surface area contributed by atoms with Gasteiger partial charge in [-0.3, -0.25) is 0 Å². The summed E-state index contributed by atoms with van der Waals surface area (Å²) in [5, 5.41) is 5.57. The molecule has 1 saturated carbocycles. The van der Waals surface area contributed by atoms with Gasteiger partial charge in [0.2, 0.25) is 0 Å². The second-order valence-electron chi connectivity index (χ2n) is 5.65. The van der Waals surface area contributed by atoms with E-state index in [4.69, 9.17) is 0 Å². The average Bonchev–Trinajstić information content (AvgIpc) is 3.14. The zero-order valence-electron chi connectivity index (χ0n) is 11.8. The zero-order valence-corrected chi connectivity index (χ0v) is 12.6. The van der Waals surface area contributed by atoms with E-state index in [0.29, 0.717) is 18.0 Å². The van der Waals surface area contributed by atoms with Crippen molar-refractivity contribution in [3.05, 3.63) is 57.8 Å². The highest BCUT2D eigenvalue weighted by Crippen LogP contribution is 2.37. The molecule has 0 aliphatic heterocycles. The lowest BCUT2D eigenvalue weighted by molar-refractivity contribution is 0.368. The lowest BCUT2D eigenvalue weighted by Gasteiger charge is -2.24. The first-order chi connectivity index (χ1) is 10.2. The molecule has 0 saturated heterocycles. The summed E-state index contributed by atoms with van der Waals surface area (Å²) in [6, 6.07) is 8.27. The molecule has 1 nitrogen and oxygen atoms in total. The van der Waals surface area contributed by atoms with Crippen LogP contribution in [0.3, 0.4) is 0 Å². The van der Waals surface area contributed by atoms with Gasteiger partial charge in [0.1, 0.15) is 11.6 Å². The van der Waals surface area contributed by atoms with E-state index in [0.717, 1.165) is 6.07 Å². The Morgan fingerprint density at radius 1 is 1.19 bits per heavy atom. The summed E-state index contributed by atoms with van der Waals surface area (Å²) in [7, 11) is 0. The summed E-state index contributed by atoms with van der Waals surface area (Å²) in [6.45, 7) is 0.436. The molecule has 0 bridgehead atoms. The van der Waals surface area contributed by atoms with Gasteiger partial charge in [-0.2, -0.15) is 0 Å². The second-order valence-corrected chi connectivity index (χ2v) is 6.63. The average molecular weight is 307 g/mol. The van der Waals surface area contributed by atoms with E-state index in [-0.39, 0.29) is 6.04 Å². The van der Waals surface area contributed by atoms with E-state index in [1.807, 2.05) is 0 Å². The van der Waals surface area contributed by atoms with E-state index in [9.17, 15) is 8.78 Å². The normalized spacial score (nSPS) is 17.2. The summed E-state index contributed by atoms with van der Waals surface area (Å²) >= 11 is 1.74. The molecule has 1 unspecified atom stereocenters. The van der Waals surface area contributed by atoms with Crippen molar-refractivity contribution in [2.24, 2.45) is 5.92 Å². The van der Waals surface area contributed by atoms with Crippen LogP contribution in [0.4, 0.5) is 8.78 Å². The van der Waals surface area contributed by atoms with Gasteiger partial charge in [0.25, 0.3) is 0 Å². The van der Waals surface area contributed by atoms with Crippen LogP contribution < -0.4 is 5.32 Å². The Morgan fingerprint density at radius 3 is 2.67 bits per heavy atom. The molecule has 1 aromatic heterocycles. The van der Waals surface area contributed by atoms with E-state index < -0.39 is 11.6 Å². The molecular formula is C17H19F2NS. The lowest BCUT2D eigenvalue weighted by Crippen LogP contribution is -2.26. The van der Waals surface area contributed by atoms with Crippen molar-refractivity contribution in [2.45, 2.75) is 38.3 Å². The maximum absolute atomic E-state index is 13.7. The van der Waals surface area contributed by atoms with Crippen LogP contribution in [-0.4, -0.2) is 0 Å². The van der Waals surface area contributed by atoms with Gasteiger partial charge in [0.15, 0.2) is 0 Å².